The molecule has 6 heteroatoms. The van der Waals surface area contributed by atoms with Crippen LogP contribution in [-0.2, 0) is 9.53 Å². The van der Waals surface area contributed by atoms with Crippen molar-refractivity contribution in [1.82, 2.24) is 0 Å². The van der Waals surface area contributed by atoms with Gasteiger partial charge in [-0.15, -0.1) is 0 Å². The predicted octanol–water partition coefficient (Wildman–Crippen LogP) is 4.37. The number of aliphatic hydroxyl groups is 1. The Kier molecular flexibility index (Phi) is 7.98. The molecule has 0 aromatic heterocycles. The molecular weight excluding hydrogens is 354 g/mol. The molecule has 2 rings (SSSR count). The molecular formula is C21H32F2O4. The van der Waals surface area contributed by atoms with Crippen LogP contribution in [0.4, 0.5) is 8.78 Å². The second-order valence-corrected chi connectivity index (χ2v) is 7.97. The molecule has 1 aliphatic carbocycles. The molecule has 1 unspecified atom stereocenters. The smallest absolute Gasteiger partial charge is 0.303 e. The fourth-order valence-corrected chi connectivity index (χ4v) is 4.05. The minimum absolute atomic E-state index is 0.0102. The first kappa shape index (κ1) is 22.0. The first-order chi connectivity index (χ1) is 12.8. The van der Waals surface area contributed by atoms with Gasteiger partial charge in [-0.05, 0) is 38.5 Å². The average molecular weight is 386 g/mol. The van der Waals surface area contributed by atoms with E-state index in [-0.39, 0.29) is 24.4 Å². The molecule has 2 aliphatic rings. The number of rotatable bonds is 10. The molecule has 0 bridgehead atoms. The van der Waals surface area contributed by atoms with Gasteiger partial charge in [0.05, 0.1) is 6.10 Å². The summed E-state index contributed by atoms with van der Waals surface area (Å²) in [5.74, 6) is -1.27. The molecule has 4 nitrogen and oxygen atoms in total. The van der Waals surface area contributed by atoms with Gasteiger partial charge >= 0.3 is 5.97 Å². The van der Waals surface area contributed by atoms with Crippen LogP contribution in [0.2, 0.25) is 0 Å². The summed E-state index contributed by atoms with van der Waals surface area (Å²) in [6.07, 6.45) is 7.00. The maximum atomic E-state index is 14.8. The second-order valence-electron chi connectivity index (χ2n) is 7.97. The lowest BCUT2D eigenvalue weighted by Crippen LogP contribution is -2.33. The molecule has 0 aromatic carbocycles. The Morgan fingerprint density at radius 1 is 1.37 bits per heavy atom. The van der Waals surface area contributed by atoms with E-state index in [9.17, 15) is 18.7 Å². The summed E-state index contributed by atoms with van der Waals surface area (Å²) in [5, 5.41) is 18.8. The van der Waals surface area contributed by atoms with Crippen LogP contribution in [0.3, 0.4) is 0 Å². The Morgan fingerprint density at radius 3 is 2.78 bits per heavy atom. The van der Waals surface area contributed by atoms with E-state index in [4.69, 9.17) is 9.84 Å². The maximum Gasteiger partial charge on any atom is 0.303 e. The largest absolute Gasteiger partial charge is 0.481 e. The summed E-state index contributed by atoms with van der Waals surface area (Å²) in [6, 6.07) is 0. The normalized spacial score (nSPS) is 34.2. The Balaban J connectivity index is 1.92. The van der Waals surface area contributed by atoms with Gasteiger partial charge < -0.3 is 14.9 Å². The van der Waals surface area contributed by atoms with E-state index in [0.717, 1.165) is 19.3 Å². The highest BCUT2D eigenvalue weighted by atomic mass is 19.1. The molecule has 1 saturated heterocycles. The number of carbonyl (C=O) groups is 1. The zero-order valence-corrected chi connectivity index (χ0v) is 16.2. The lowest BCUT2D eigenvalue weighted by atomic mass is 9.87. The average Bonchev–Trinajstić information content (AvgIpc) is 3.15. The van der Waals surface area contributed by atoms with Gasteiger partial charge in [0.2, 0.25) is 0 Å². The van der Waals surface area contributed by atoms with Gasteiger partial charge in [-0.25, -0.2) is 8.78 Å². The van der Waals surface area contributed by atoms with Gasteiger partial charge in [-0.2, -0.15) is 0 Å². The van der Waals surface area contributed by atoms with Crippen molar-refractivity contribution in [2.24, 2.45) is 11.8 Å². The van der Waals surface area contributed by atoms with E-state index in [1.54, 1.807) is 18.2 Å². The standard InChI is InChI=1S/C21H32F2O4/c1-3-4-13-21(2,23)17(24)12-10-14-9-11-15-19(14)20(22)16(27-15)7-5-6-8-18(25)26/h5,7,10,12,14-17,19-20,24H,3-4,6,8-9,11,13H2,1-2H3,(H,25,26)/t14-,15-,16-,17-,19-,20-,21?/m1/s1. The third-order valence-electron chi connectivity index (χ3n) is 5.75. The molecule has 2 fully saturated rings. The third kappa shape index (κ3) is 5.85. The molecule has 1 heterocycles. The minimum Gasteiger partial charge on any atom is -0.481 e. The monoisotopic (exact) mass is 386 g/mol. The van der Waals surface area contributed by atoms with Crippen molar-refractivity contribution in [2.75, 3.05) is 0 Å². The minimum atomic E-state index is -1.68. The lowest BCUT2D eigenvalue weighted by Gasteiger charge is -2.25. The third-order valence-corrected chi connectivity index (χ3v) is 5.75. The van der Waals surface area contributed by atoms with Crippen LogP contribution in [0.1, 0.15) is 58.8 Å². The Labute approximate surface area is 160 Å². The number of allylic oxidation sites excluding steroid dienone is 2. The van der Waals surface area contributed by atoms with Crippen LogP contribution in [0.15, 0.2) is 24.3 Å². The zero-order valence-electron chi connectivity index (χ0n) is 16.2. The van der Waals surface area contributed by atoms with Crippen molar-refractivity contribution in [2.45, 2.75) is 88.9 Å². The summed E-state index contributed by atoms with van der Waals surface area (Å²) < 4.78 is 35.2. The van der Waals surface area contributed by atoms with Gasteiger partial charge in [0.1, 0.15) is 24.0 Å². The molecule has 1 saturated carbocycles. The highest BCUT2D eigenvalue weighted by Gasteiger charge is 2.50. The topological polar surface area (TPSA) is 66.8 Å². The molecule has 27 heavy (non-hydrogen) atoms. The zero-order chi connectivity index (χ0) is 20.0. The highest BCUT2D eigenvalue weighted by Crippen LogP contribution is 2.46. The molecule has 0 spiro atoms. The van der Waals surface area contributed by atoms with Crippen molar-refractivity contribution >= 4 is 5.97 Å². The van der Waals surface area contributed by atoms with Gasteiger partial charge in [0.25, 0.3) is 0 Å². The Morgan fingerprint density at radius 2 is 2.11 bits per heavy atom. The van der Waals surface area contributed by atoms with Crippen LogP contribution >= 0.6 is 0 Å². The van der Waals surface area contributed by atoms with Crippen LogP contribution in [0, 0.1) is 11.8 Å². The fourth-order valence-electron chi connectivity index (χ4n) is 4.05. The van der Waals surface area contributed by atoms with Crippen molar-refractivity contribution in [3.8, 4) is 0 Å². The fraction of sp³-hybridized carbons (Fsp3) is 0.762. The van der Waals surface area contributed by atoms with Crippen molar-refractivity contribution in [3.05, 3.63) is 24.3 Å². The highest BCUT2D eigenvalue weighted by molar-refractivity contribution is 5.66. The predicted molar refractivity (Wildman–Crippen MR) is 100.0 cm³/mol. The van der Waals surface area contributed by atoms with Gasteiger partial charge in [0, 0.05) is 12.3 Å². The number of hydrogen-bond donors (Lipinski definition) is 2. The van der Waals surface area contributed by atoms with Crippen molar-refractivity contribution < 1.29 is 28.5 Å². The van der Waals surface area contributed by atoms with E-state index in [0.29, 0.717) is 19.3 Å². The molecule has 7 atom stereocenters. The summed E-state index contributed by atoms with van der Waals surface area (Å²) in [6.45, 7) is 3.38. The molecule has 1 aliphatic heterocycles. The Bertz CT molecular complexity index is 546. The van der Waals surface area contributed by atoms with Crippen LogP contribution in [0.25, 0.3) is 0 Å². The van der Waals surface area contributed by atoms with E-state index >= 15 is 0 Å². The number of carboxylic acid groups (broad SMARTS) is 1. The first-order valence-corrected chi connectivity index (χ1v) is 9.99. The van der Waals surface area contributed by atoms with Crippen molar-refractivity contribution in [3.63, 3.8) is 0 Å². The molecule has 2 N–H and O–H groups in total. The molecule has 0 amide bonds. The summed E-state index contributed by atoms with van der Waals surface area (Å²) >= 11 is 0. The lowest BCUT2D eigenvalue weighted by molar-refractivity contribution is -0.136. The van der Waals surface area contributed by atoms with E-state index in [2.05, 4.69) is 0 Å². The molecule has 0 radical (unpaired) electrons. The van der Waals surface area contributed by atoms with Crippen LogP contribution in [0.5, 0.6) is 0 Å². The number of fused-ring (bicyclic) bond motifs is 1. The van der Waals surface area contributed by atoms with Gasteiger partial charge in [0.15, 0.2) is 0 Å². The number of alkyl halides is 2. The van der Waals surface area contributed by atoms with Crippen LogP contribution < -0.4 is 0 Å². The Hall–Kier alpha value is -1.27. The van der Waals surface area contributed by atoms with E-state index in [1.165, 1.54) is 13.0 Å². The van der Waals surface area contributed by atoms with Crippen molar-refractivity contribution in [1.29, 1.82) is 0 Å². The maximum absolute atomic E-state index is 14.8. The van der Waals surface area contributed by atoms with Crippen LogP contribution in [-0.4, -0.2) is 46.3 Å². The van der Waals surface area contributed by atoms with E-state index in [1.807, 2.05) is 6.92 Å². The SMILES string of the molecule is CCCCC(C)(F)[C@H](O)C=C[C@H]1CC[C@H]2O[C@H](C=CCCC(=O)O)[C@@H](F)[C@H]12. The number of ether oxygens (including phenoxy) is 1. The molecule has 154 valence electrons. The summed E-state index contributed by atoms with van der Waals surface area (Å²) in [7, 11) is 0. The number of hydrogen-bond acceptors (Lipinski definition) is 3. The quantitative estimate of drug-likeness (QED) is 0.547. The molecule has 0 aromatic rings. The second kappa shape index (κ2) is 9.78. The van der Waals surface area contributed by atoms with E-state index < -0.39 is 30.0 Å². The number of aliphatic hydroxyl groups excluding tert-OH is 1. The van der Waals surface area contributed by atoms with Gasteiger partial charge in [-0.1, -0.05) is 44.1 Å². The number of aliphatic carboxylic acids is 1. The first-order valence-electron chi connectivity index (χ1n) is 9.99. The number of halogens is 2. The van der Waals surface area contributed by atoms with Gasteiger partial charge in [-0.3, -0.25) is 4.79 Å². The summed E-state index contributed by atoms with van der Waals surface area (Å²) in [4.78, 5) is 10.5. The number of unbranched alkanes of at least 4 members (excludes halogenated alkanes) is 1. The summed E-state index contributed by atoms with van der Waals surface area (Å²) in [5.41, 5.74) is -1.68. The number of carboxylic acids is 1.